The lowest BCUT2D eigenvalue weighted by molar-refractivity contribution is -0.0824. The molecule has 3 atom stereocenters. The highest BCUT2D eigenvalue weighted by Crippen LogP contribution is 2.43. The van der Waals surface area contributed by atoms with Crippen LogP contribution in [0.4, 0.5) is 0 Å². The molecule has 2 aromatic rings. The number of fused-ring (bicyclic) bond motifs is 1. The normalized spacial score (nSPS) is 28.8. The Morgan fingerprint density at radius 2 is 2.16 bits per heavy atom. The Morgan fingerprint density at radius 3 is 2.92 bits per heavy atom. The van der Waals surface area contributed by atoms with E-state index in [1.54, 1.807) is 7.11 Å². The number of rotatable bonds is 3. The number of benzene rings is 1. The monoisotopic (exact) mass is 342 g/mol. The molecule has 2 heterocycles. The highest BCUT2D eigenvalue weighted by molar-refractivity contribution is 5.99. The molecule has 0 bridgehead atoms. The topological polar surface area (TPSA) is 75.8 Å². The van der Waals surface area contributed by atoms with Crippen molar-refractivity contribution in [2.75, 3.05) is 13.7 Å². The number of hydrogen-bond donors (Lipinski definition) is 1. The number of aromatic nitrogens is 1. The minimum absolute atomic E-state index is 0.113. The van der Waals surface area contributed by atoms with Crippen LogP contribution >= 0.6 is 0 Å². The molecule has 1 aliphatic carbocycles. The van der Waals surface area contributed by atoms with E-state index >= 15 is 0 Å². The largest absolute Gasteiger partial charge is 0.393 e. The molecule has 0 spiro atoms. The zero-order valence-electron chi connectivity index (χ0n) is 14.2. The summed E-state index contributed by atoms with van der Waals surface area (Å²) in [5.74, 6) is 0.370. The second-order valence-corrected chi connectivity index (χ2v) is 6.90. The van der Waals surface area contributed by atoms with Gasteiger partial charge in [0.2, 0.25) is 0 Å². The summed E-state index contributed by atoms with van der Waals surface area (Å²) in [7, 11) is 1.70. The van der Waals surface area contributed by atoms with E-state index in [0.29, 0.717) is 24.3 Å². The minimum Gasteiger partial charge on any atom is -0.393 e. The predicted molar refractivity (Wildman–Crippen MR) is 91.0 cm³/mol. The summed E-state index contributed by atoms with van der Waals surface area (Å²) in [6.07, 6.45) is 3.92. The number of amides is 1. The molecule has 1 aliphatic heterocycles. The number of nitrogens with zero attached hydrogens (tertiary/aromatic N) is 2. The summed E-state index contributed by atoms with van der Waals surface area (Å²) in [5, 5.41) is 13.9. The molecule has 2 fully saturated rings. The maximum absolute atomic E-state index is 13.2. The lowest BCUT2D eigenvalue weighted by Crippen LogP contribution is -2.52. The van der Waals surface area contributed by atoms with Gasteiger partial charge >= 0.3 is 0 Å². The van der Waals surface area contributed by atoms with Gasteiger partial charge in [0.25, 0.3) is 5.91 Å². The number of ether oxygens (including phenoxy) is 1. The molecule has 6 heteroatoms. The molecule has 1 aromatic carbocycles. The summed E-state index contributed by atoms with van der Waals surface area (Å²) >= 11 is 0. The van der Waals surface area contributed by atoms with Crippen LogP contribution in [-0.2, 0) is 4.74 Å². The molecule has 132 valence electrons. The Labute approximate surface area is 146 Å². The molecular formula is C19H22N2O4. The Balaban J connectivity index is 1.65. The molecular weight excluding hydrogens is 320 g/mol. The maximum atomic E-state index is 13.2. The van der Waals surface area contributed by atoms with Crippen LogP contribution in [0.1, 0.15) is 36.0 Å². The van der Waals surface area contributed by atoms with Gasteiger partial charge in [-0.2, -0.15) is 0 Å². The highest BCUT2D eigenvalue weighted by atomic mass is 16.5. The van der Waals surface area contributed by atoms with Crippen molar-refractivity contribution in [3.8, 4) is 11.3 Å². The summed E-state index contributed by atoms with van der Waals surface area (Å²) in [6.45, 7) is 0.615. The van der Waals surface area contributed by atoms with Gasteiger partial charge in [-0.15, -0.1) is 0 Å². The van der Waals surface area contributed by atoms with E-state index in [-0.39, 0.29) is 17.6 Å². The molecule has 4 rings (SSSR count). The zero-order chi connectivity index (χ0) is 17.4. The second kappa shape index (κ2) is 6.28. The number of aliphatic hydroxyl groups is 1. The molecule has 1 N–H and O–H groups in total. The van der Waals surface area contributed by atoms with Gasteiger partial charge in [0, 0.05) is 19.2 Å². The van der Waals surface area contributed by atoms with Gasteiger partial charge in [-0.05, 0) is 25.7 Å². The van der Waals surface area contributed by atoms with Gasteiger partial charge in [-0.25, -0.2) is 0 Å². The smallest absolute Gasteiger partial charge is 0.259 e. The second-order valence-electron chi connectivity index (χ2n) is 6.90. The standard InChI is InChI=1S/C19H22N2O4/c1-24-19-8-7-14(22)11-16(19)21(10-9-19)18(23)15-12-20-25-17(15)13-5-3-2-4-6-13/h2-6,12,14,16,22H,7-11H2,1H3/t14-,16-,19+/m0/s1. The fraction of sp³-hybridized carbons (Fsp3) is 0.474. The third-order valence-electron chi connectivity index (χ3n) is 5.66. The Bertz CT molecular complexity index is 760. The van der Waals surface area contributed by atoms with Gasteiger partial charge in [0.1, 0.15) is 5.56 Å². The van der Waals surface area contributed by atoms with Crippen molar-refractivity contribution in [3.63, 3.8) is 0 Å². The van der Waals surface area contributed by atoms with Crippen LogP contribution in [0, 0.1) is 0 Å². The SMILES string of the molecule is CO[C@@]12CC[C@H](O)C[C@@H]1N(C(=O)c1cnoc1-c1ccccc1)CC2. The number of hydrogen-bond acceptors (Lipinski definition) is 5. The van der Waals surface area contributed by atoms with Gasteiger partial charge in [0.15, 0.2) is 5.76 Å². The molecule has 1 saturated carbocycles. The van der Waals surface area contributed by atoms with E-state index in [4.69, 9.17) is 9.26 Å². The summed E-state index contributed by atoms with van der Waals surface area (Å²) < 4.78 is 11.2. The zero-order valence-corrected chi connectivity index (χ0v) is 14.2. The van der Waals surface area contributed by atoms with Crippen LogP contribution in [0.5, 0.6) is 0 Å². The van der Waals surface area contributed by atoms with Crippen molar-refractivity contribution >= 4 is 5.91 Å². The van der Waals surface area contributed by atoms with E-state index in [9.17, 15) is 9.90 Å². The molecule has 2 aliphatic rings. The van der Waals surface area contributed by atoms with Crippen molar-refractivity contribution in [1.82, 2.24) is 10.1 Å². The lowest BCUT2D eigenvalue weighted by Gasteiger charge is -2.42. The average molecular weight is 342 g/mol. The Hall–Kier alpha value is -2.18. The molecule has 6 nitrogen and oxygen atoms in total. The molecule has 1 saturated heterocycles. The first-order chi connectivity index (χ1) is 12.1. The summed E-state index contributed by atoms with van der Waals surface area (Å²) in [5.41, 5.74) is 0.932. The van der Waals surface area contributed by atoms with Crippen molar-refractivity contribution in [1.29, 1.82) is 0 Å². The highest BCUT2D eigenvalue weighted by Gasteiger charge is 2.52. The Morgan fingerprint density at radius 1 is 1.36 bits per heavy atom. The van der Waals surface area contributed by atoms with E-state index in [2.05, 4.69) is 5.16 Å². The van der Waals surface area contributed by atoms with E-state index in [1.165, 1.54) is 6.20 Å². The predicted octanol–water partition coefficient (Wildman–Crippen LogP) is 2.49. The fourth-order valence-corrected chi connectivity index (χ4v) is 4.26. The number of carbonyl (C=O) groups is 1. The van der Waals surface area contributed by atoms with Crippen LogP contribution < -0.4 is 0 Å². The lowest BCUT2D eigenvalue weighted by atomic mass is 9.79. The Kier molecular flexibility index (Phi) is 4.09. The van der Waals surface area contributed by atoms with Crippen LogP contribution in [-0.4, -0.2) is 52.5 Å². The van der Waals surface area contributed by atoms with Crippen LogP contribution in [0.15, 0.2) is 41.1 Å². The first kappa shape index (κ1) is 16.3. The van der Waals surface area contributed by atoms with Crippen molar-refractivity contribution in [2.24, 2.45) is 0 Å². The van der Waals surface area contributed by atoms with Crippen LogP contribution in [0.3, 0.4) is 0 Å². The fourth-order valence-electron chi connectivity index (χ4n) is 4.26. The van der Waals surface area contributed by atoms with Crippen molar-refractivity contribution in [2.45, 2.75) is 43.4 Å². The van der Waals surface area contributed by atoms with E-state index < -0.39 is 6.10 Å². The number of aliphatic hydroxyl groups excluding tert-OH is 1. The first-order valence-corrected chi connectivity index (χ1v) is 8.69. The quantitative estimate of drug-likeness (QED) is 0.927. The molecule has 25 heavy (non-hydrogen) atoms. The first-order valence-electron chi connectivity index (χ1n) is 8.69. The van der Waals surface area contributed by atoms with Crippen molar-refractivity contribution in [3.05, 3.63) is 42.1 Å². The third kappa shape index (κ3) is 2.65. The minimum atomic E-state index is -0.391. The van der Waals surface area contributed by atoms with Crippen LogP contribution in [0.25, 0.3) is 11.3 Å². The molecule has 1 amide bonds. The molecule has 0 unspecified atom stereocenters. The molecule has 0 radical (unpaired) electrons. The van der Waals surface area contributed by atoms with Crippen LogP contribution in [0.2, 0.25) is 0 Å². The average Bonchev–Trinajstić information content (AvgIpc) is 3.27. The van der Waals surface area contributed by atoms with E-state index in [0.717, 1.165) is 24.8 Å². The van der Waals surface area contributed by atoms with E-state index in [1.807, 2.05) is 35.2 Å². The van der Waals surface area contributed by atoms with Gasteiger partial charge in [-0.1, -0.05) is 35.5 Å². The number of methoxy groups -OCH3 is 1. The summed E-state index contributed by atoms with van der Waals surface area (Å²) in [4.78, 5) is 15.0. The van der Waals surface area contributed by atoms with Gasteiger partial charge in [0.05, 0.1) is 23.9 Å². The van der Waals surface area contributed by atoms with Crippen molar-refractivity contribution < 1.29 is 19.2 Å². The third-order valence-corrected chi connectivity index (χ3v) is 5.66. The number of likely N-dealkylation sites (tertiary alicyclic amines) is 1. The number of carbonyl (C=O) groups excluding carboxylic acids is 1. The maximum Gasteiger partial charge on any atom is 0.259 e. The molecule has 1 aromatic heterocycles. The van der Waals surface area contributed by atoms with Gasteiger partial charge < -0.3 is 19.3 Å². The van der Waals surface area contributed by atoms with Gasteiger partial charge in [-0.3, -0.25) is 4.79 Å². The summed E-state index contributed by atoms with van der Waals surface area (Å²) in [6, 6.07) is 9.38.